The molecule has 1 fully saturated rings. The molecule has 2 nitrogen and oxygen atoms in total. The van der Waals surface area contributed by atoms with Crippen molar-refractivity contribution in [2.45, 2.75) is 33.6 Å². The van der Waals surface area contributed by atoms with Crippen molar-refractivity contribution in [3.05, 3.63) is 34.9 Å². The zero-order valence-electron chi connectivity index (χ0n) is 12.1. The molecule has 1 aromatic rings. The molecule has 0 saturated carbocycles. The average Bonchev–Trinajstić information content (AvgIpc) is 2.84. The van der Waals surface area contributed by atoms with Gasteiger partial charge in [0, 0.05) is 18.0 Å². The molecule has 1 aliphatic heterocycles. The number of aryl methyl sites for hydroxylation is 1. The van der Waals surface area contributed by atoms with Crippen molar-refractivity contribution < 1.29 is 4.79 Å². The maximum absolute atomic E-state index is 12.5. The van der Waals surface area contributed by atoms with Gasteiger partial charge in [0.25, 0.3) is 0 Å². The second kappa shape index (κ2) is 7.06. The molecule has 3 heteroatoms. The highest BCUT2D eigenvalue weighted by Gasteiger charge is 2.21. The summed E-state index contributed by atoms with van der Waals surface area (Å²) >= 11 is 0. The Balaban J connectivity index is 0.00000180. The third kappa shape index (κ3) is 3.80. The zero-order chi connectivity index (χ0) is 13.1. The normalized spacial score (nSPS) is 17.0. The molecule has 19 heavy (non-hydrogen) atoms. The van der Waals surface area contributed by atoms with Gasteiger partial charge in [0.1, 0.15) is 0 Å². The minimum absolute atomic E-state index is 0. The highest BCUT2D eigenvalue weighted by atomic mass is 35.5. The number of benzene rings is 1. The van der Waals surface area contributed by atoms with Gasteiger partial charge < -0.3 is 4.90 Å². The van der Waals surface area contributed by atoms with Crippen LogP contribution in [0, 0.1) is 19.8 Å². The summed E-state index contributed by atoms with van der Waals surface area (Å²) in [5, 5.41) is 0. The maximum Gasteiger partial charge on any atom is 0.167 e. The van der Waals surface area contributed by atoms with Gasteiger partial charge in [0.15, 0.2) is 5.78 Å². The van der Waals surface area contributed by atoms with E-state index in [1.54, 1.807) is 0 Å². The molecule has 0 spiro atoms. The number of nitrogens with zero attached hydrogens (tertiary/aromatic N) is 1. The number of carbonyl (C=O) groups is 1. The van der Waals surface area contributed by atoms with Crippen LogP contribution in [0.1, 0.15) is 41.3 Å². The molecular weight excluding hydrogens is 258 g/mol. The number of hydrogen-bond acceptors (Lipinski definition) is 2. The van der Waals surface area contributed by atoms with Crippen LogP contribution >= 0.6 is 12.4 Å². The third-order valence-corrected chi connectivity index (χ3v) is 4.05. The highest BCUT2D eigenvalue weighted by molar-refractivity contribution is 5.99. The van der Waals surface area contributed by atoms with Crippen LogP contribution < -0.4 is 0 Å². The van der Waals surface area contributed by atoms with Crippen molar-refractivity contribution in [2.24, 2.45) is 5.92 Å². The first-order chi connectivity index (χ1) is 8.59. The van der Waals surface area contributed by atoms with E-state index >= 15 is 0 Å². The molecule has 0 aliphatic carbocycles. The lowest BCUT2D eigenvalue weighted by Crippen LogP contribution is -2.29. The fourth-order valence-corrected chi connectivity index (χ4v) is 2.72. The first kappa shape index (κ1) is 16.2. The fraction of sp³-hybridized carbons (Fsp3) is 0.562. The number of likely N-dealkylation sites (tertiary alicyclic amines) is 1. The quantitative estimate of drug-likeness (QED) is 0.786. The Bertz CT molecular complexity index is 438. The van der Waals surface area contributed by atoms with Crippen molar-refractivity contribution in [1.82, 2.24) is 4.90 Å². The molecule has 1 aliphatic rings. The van der Waals surface area contributed by atoms with Crippen molar-refractivity contribution in [3.63, 3.8) is 0 Å². The van der Waals surface area contributed by atoms with Crippen LogP contribution in [0.15, 0.2) is 18.2 Å². The van der Waals surface area contributed by atoms with Crippen LogP contribution in [0.4, 0.5) is 0 Å². The topological polar surface area (TPSA) is 20.3 Å². The lowest BCUT2D eigenvalue weighted by molar-refractivity contribution is 0.0902. The van der Waals surface area contributed by atoms with E-state index in [9.17, 15) is 4.79 Å². The van der Waals surface area contributed by atoms with Crippen molar-refractivity contribution in [1.29, 1.82) is 0 Å². The van der Waals surface area contributed by atoms with Crippen molar-refractivity contribution >= 4 is 18.2 Å². The second-order valence-electron chi connectivity index (χ2n) is 5.52. The third-order valence-electron chi connectivity index (χ3n) is 4.05. The molecule has 0 N–H and O–H groups in total. The van der Waals surface area contributed by atoms with Gasteiger partial charge in [-0.3, -0.25) is 4.79 Å². The van der Waals surface area contributed by atoms with Gasteiger partial charge in [-0.2, -0.15) is 0 Å². The SMILES string of the molecule is Cc1cccc(C(=O)C(C)CN2CCCC2)c1C.Cl. The molecule has 0 aromatic heterocycles. The van der Waals surface area contributed by atoms with Crippen LogP contribution in [0.2, 0.25) is 0 Å². The molecule has 1 aromatic carbocycles. The maximum atomic E-state index is 12.5. The molecule has 106 valence electrons. The molecule has 0 amide bonds. The summed E-state index contributed by atoms with van der Waals surface area (Å²) in [5.74, 6) is 0.395. The standard InChI is InChI=1S/C16H23NO.ClH/c1-12-7-6-8-15(14(12)3)16(18)13(2)11-17-9-4-5-10-17;/h6-8,13H,4-5,9-11H2,1-3H3;1H. The molecule has 1 heterocycles. The number of halogens is 1. The fourth-order valence-electron chi connectivity index (χ4n) is 2.72. The first-order valence-electron chi connectivity index (χ1n) is 6.92. The summed E-state index contributed by atoms with van der Waals surface area (Å²) in [4.78, 5) is 14.9. The Morgan fingerprint density at radius 2 is 1.89 bits per heavy atom. The molecule has 1 saturated heterocycles. The number of hydrogen-bond donors (Lipinski definition) is 0. The summed E-state index contributed by atoms with van der Waals surface area (Å²) in [6.07, 6.45) is 2.56. The zero-order valence-corrected chi connectivity index (χ0v) is 12.9. The van der Waals surface area contributed by atoms with E-state index in [-0.39, 0.29) is 18.3 Å². The van der Waals surface area contributed by atoms with Gasteiger partial charge in [0.2, 0.25) is 0 Å². The Morgan fingerprint density at radius 1 is 1.26 bits per heavy atom. The molecule has 0 radical (unpaired) electrons. The summed E-state index contributed by atoms with van der Waals surface area (Å²) in [6, 6.07) is 6.01. The van der Waals surface area contributed by atoms with E-state index in [1.807, 2.05) is 19.1 Å². The lowest BCUT2D eigenvalue weighted by atomic mass is 9.93. The Labute approximate surface area is 122 Å². The van der Waals surface area contributed by atoms with Gasteiger partial charge in [-0.05, 0) is 50.9 Å². The number of carbonyl (C=O) groups excluding carboxylic acids is 1. The summed E-state index contributed by atoms with van der Waals surface area (Å²) in [5.41, 5.74) is 3.24. The van der Waals surface area contributed by atoms with Gasteiger partial charge >= 0.3 is 0 Å². The average molecular weight is 282 g/mol. The number of Topliss-reactive ketones (excluding diaryl/α,β-unsaturated/α-hetero) is 1. The Hall–Kier alpha value is -0.860. The van der Waals surface area contributed by atoms with Crippen molar-refractivity contribution in [2.75, 3.05) is 19.6 Å². The first-order valence-corrected chi connectivity index (χ1v) is 6.92. The van der Waals surface area contributed by atoms with E-state index in [2.05, 4.69) is 24.8 Å². The van der Waals surface area contributed by atoms with E-state index in [0.717, 1.165) is 30.8 Å². The molecule has 0 bridgehead atoms. The van der Waals surface area contributed by atoms with Gasteiger partial charge in [0.05, 0.1) is 0 Å². The van der Waals surface area contributed by atoms with E-state index < -0.39 is 0 Å². The Kier molecular flexibility index (Phi) is 6.02. The smallest absolute Gasteiger partial charge is 0.167 e. The summed E-state index contributed by atoms with van der Waals surface area (Å²) in [6.45, 7) is 9.39. The Morgan fingerprint density at radius 3 is 2.53 bits per heavy atom. The van der Waals surface area contributed by atoms with Crippen molar-refractivity contribution in [3.8, 4) is 0 Å². The molecular formula is C16H24ClNO. The van der Waals surface area contributed by atoms with E-state index in [4.69, 9.17) is 0 Å². The van der Waals surface area contributed by atoms with Gasteiger partial charge in [-0.15, -0.1) is 12.4 Å². The molecule has 1 atom stereocenters. The lowest BCUT2D eigenvalue weighted by Gasteiger charge is -2.20. The van der Waals surface area contributed by atoms with Crippen LogP contribution in [0.5, 0.6) is 0 Å². The van der Waals surface area contributed by atoms with Crippen LogP contribution in [-0.2, 0) is 0 Å². The minimum Gasteiger partial charge on any atom is -0.303 e. The molecule has 1 unspecified atom stereocenters. The van der Waals surface area contributed by atoms with Crippen LogP contribution in [0.3, 0.4) is 0 Å². The largest absolute Gasteiger partial charge is 0.303 e. The van der Waals surface area contributed by atoms with Crippen LogP contribution in [-0.4, -0.2) is 30.3 Å². The molecule has 2 rings (SSSR count). The van der Waals surface area contributed by atoms with Gasteiger partial charge in [-0.25, -0.2) is 0 Å². The van der Waals surface area contributed by atoms with Gasteiger partial charge in [-0.1, -0.05) is 25.1 Å². The second-order valence-corrected chi connectivity index (χ2v) is 5.52. The highest BCUT2D eigenvalue weighted by Crippen LogP contribution is 2.19. The minimum atomic E-state index is 0. The number of rotatable bonds is 4. The monoisotopic (exact) mass is 281 g/mol. The predicted molar refractivity (Wildman–Crippen MR) is 82.3 cm³/mol. The number of ketones is 1. The summed E-state index contributed by atoms with van der Waals surface area (Å²) in [7, 11) is 0. The van der Waals surface area contributed by atoms with E-state index in [0.29, 0.717) is 5.78 Å². The predicted octanol–water partition coefficient (Wildman–Crippen LogP) is 3.64. The van der Waals surface area contributed by atoms with Crippen LogP contribution in [0.25, 0.3) is 0 Å². The summed E-state index contributed by atoms with van der Waals surface area (Å²) < 4.78 is 0. The van der Waals surface area contributed by atoms with E-state index in [1.165, 1.54) is 18.4 Å².